The Kier molecular flexibility index (Phi) is 8.18. The van der Waals surface area contributed by atoms with E-state index >= 15 is 0 Å². The molecule has 147 valence electrons. The first-order chi connectivity index (χ1) is 13.0. The van der Waals surface area contributed by atoms with Crippen LogP contribution in [0.4, 0.5) is 0 Å². The molecule has 0 aliphatic heterocycles. The smallest absolute Gasteiger partial charge is 0.122 e. The van der Waals surface area contributed by atoms with Gasteiger partial charge in [-0.25, -0.2) is 0 Å². The molecular weight excluding hydrogens is 334 g/mol. The summed E-state index contributed by atoms with van der Waals surface area (Å²) in [5.41, 5.74) is 2.49. The second-order valence-electron chi connectivity index (χ2n) is 7.62. The topological polar surface area (TPSA) is 30.5 Å². The normalized spacial score (nSPS) is 12.6. The molecule has 0 aliphatic rings. The predicted octanol–water partition coefficient (Wildman–Crippen LogP) is 5.29. The summed E-state index contributed by atoms with van der Waals surface area (Å²) in [6.07, 6.45) is 2.07. The molecule has 0 heterocycles. The van der Waals surface area contributed by atoms with Gasteiger partial charge in [0.25, 0.3) is 0 Å². The molecule has 0 saturated heterocycles. The molecule has 2 rings (SSSR count). The van der Waals surface area contributed by atoms with Crippen LogP contribution in [0.1, 0.15) is 38.3 Å². The highest BCUT2D eigenvalue weighted by Crippen LogP contribution is 2.35. The number of hydrogen-bond acceptors (Lipinski definition) is 3. The minimum Gasteiger partial charge on any atom is -0.497 e. The lowest BCUT2D eigenvalue weighted by atomic mass is 9.74. The summed E-state index contributed by atoms with van der Waals surface area (Å²) in [4.78, 5) is 0. The van der Waals surface area contributed by atoms with Crippen molar-refractivity contribution in [3.63, 3.8) is 0 Å². The minimum absolute atomic E-state index is 0.0147. The van der Waals surface area contributed by atoms with E-state index in [1.54, 1.807) is 7.11 Å². The quantitative estimate of drug-likeness (QED) is 0.547. The van der Waals surface area contributed by atoms with Gasteiger partial charge in [0.15, 0.2) is 0 Å². The van der Waals surface area contributed by atoms with Gasteiger partial charge in [0.2, 0.25) is 0 Å². The molecule has 0 amide bonds. The van der Waals surface area contributed by atoms with Crippen molar-refractivity contribution in [1.82, 2.24) is 5.32 Å². The summed E-state index contributed by atoms with van der Waals surface area (Å²) in [7, 11) is 1.68. The van der Waals surface area contributed by atoms with E-state index in [1.165, 1.54) is 11.1 Å². The van der Waals surface area contributed by atoms with Crippen LogP contribution in [0.2, 0.25) is 0 Å². The van der Waals surface area contributed by atoms with Gasteiger partial charge in [-0.15, -0.1) is 0 Å². The van der Waals surface area contributed by atoms with Crippen molar-refractivity contribution in [3.8, 4) is 11.5 Å². The van der Waals surface area contributed by atoms with Crippen molar-refractivity contribution in [2.75, 3.05) is 20.3 Å². The third-order valence-electron chi connectivity index (χ3n) is 5.39. The molecular formula is C24H34NO2. The Morgan fingerprint density at radius 3 is 2.48 bits per heavy atom. The molecule has 2 aromatic carbocycles. The third-order valence-corrected chi connectivity index (χ3v) is 5.39. The van der Waals surface area contributed by atoms with Crippen molar-refractivity contribution in [2.45, 2.75) is 40.2 Å². The minimum atomic E-state index is 0.0147. The third kappa shape index (κ3) is 6.59. The fraction of sp³-hybridized carbons (Fsp3) is 0.458. The SMILES string of the molecule is [CH2]C(C)(Cc1ccccc1OCCNCc1ccc(OC)cc1)C(C)CC. The van der Waals surface area contributed by atoms with Crippen LogP contribution in [0.15, 0.2) is 48.5 Å². The zero-order valence-electron chi connectivity index (χ0n) is 17.3. The Hall–Kier alpha value is -2.00. The van der Waals surface area contributed by atoms with Crippen LogP contribution in [0.3, 0.4) is 0 Å². The van der Waals surface area contributed by atoms with Gasteiger partial charge in [0.1, 0.15) is 18.1 Å². The first-order valence-electron chi connectivity index (χ1n) is 9.86. The Morgan fingerprint density at radius 2 is 1.81 bits per heavy atom. The Morgan fingerprint density at radius 1 is 1.11 bits per heavy atom. The van der Waals surface area contributed by atoms with E-state index in [9.17, 15) is 0 Å². The van der Waals surface area contributed by atoms with Crippen molar-refractivity contribution in [3.05, 3.63) is 66.6 Å². The van der Waals surface area contributed by atoms with Crippen LogP contribution in [-0.2, 0) is 13.0 Å². The second kappa shape index (κ2) is 10.4. The Balaban J connectivity index is 1.82. The molecule has 3 heteroatoms. The van der Waals surface area contributed by atoms with E-state index in [1.807, 2.05) is 18.2 Å². The first-order valence-corrected chi connectivity index (χ1v) is 9.86. The van der Waals surface area contributed by atoms with Crippen LogP contribution in [0.5, 0.6) is 11.5 Å². The number of methoxy groups -OCH3 is 1. The van der Waals surface area contributed by atoms with Gasteiger partial charge in [-0.3, -0.25) is 0 Å². The number of rotatable bonds is 11. The highest BCUT2D eigenvalue weighted by atomic mass is 16.5. The summed E-state index contributed by atoms with van der Waals surface area (Å²) in [5, 5.41) is 3.43. The fourth-order valence-electron chi connectivity index (χ4n) is 3.10. The van der Waals surface area contributed by atoms with Gasteiger partial charge in [0, 0.05) is 13.1 Å². The molecule has 2 unspecified atom stereocenters. The largest absolute Gasteiger partial charge is 0.497 e. The molecule has 27 heavy (non-hydrogen) atoms. The van der Waals surface area contributed by atoms with Gasteiger partial charge in [-0.2, -0.15) is 0 Å². The zero-order valence-corrected chi connectivity index (χ0v) is 17.3. The highest BCUT2D eigenvalue weighted by molar-refractivity contribution is 5.34. The lowest BCUT2D eigenvalue weighted by Gasteiger charge is -2.31. The summed E-state index contributed by atoms with van der Waals surface area (Å²) >= 11 is 0. The van der Waals surface area contributed by atoms with E-state index in [2.05, 4.69) is 63.3 Å². The number of benzene rings is 2. The predicted molar refractivity (Wildman–Crippen MR) is 113 cm³/mol. The molecule has 1 N–H and O–H groups in total. The van der Waals surface area contributed by atoms with Gasteiger partial charge >= 0.3 is 0 Å². The fourth-order valence-corrected chi connectivity index (χ4v) is 3.10. The molecule has 3 nitrogen and oxygen atoms in total. The lowest BCUT2D eigenvalue weighted by molar-refractivity contribution is 0.254. The molecule has 0 spiro atoms. The van der Waals surface area contributed by atoms with E-state index < -0.39 is 0 Å². The summed E-state index contributed by atoms with van der Waals surface area (Å²) in [6.45, 7) is 13.5. The van der Waals surface area contributed by atoms with Crippen LogP contribution in [-0.4, -0.2) is 20.3 Å². The maximum absolute atomic E-state index is 6.06. The van der Waals surface area contributed by atoms with E-state index in [0.717, 1.165) is 37.4 Å². The standard InChI is InChI=1S/C24H34NO2/c1-6-19(2)24(3,4)17-21-9-7-8-10-23(21)27-16-15-25-18-20-11-13-22(26-5)14-12-20/h7-14,19,25H,3,6,15-18H2,1-2,4-5H3. The molecule has 1 radical (unpaired) electrons. The van der Waals surface area contributed by atoms with Gasteiger partial charge in [-0.05, 0) is 54.0 Å². The van der Waals surface area contributed by atoms with E-state index in [0.29, 0.717) is 12.5 Å². The van der Waals surface area contributed by atoms with Gasteiger partial charge < -0.3 is 14.8 Å². The van der Waals surface area contributed by atoms with E-state index in [4.69, 9.17) is 9.47 Å². The van der Waals surface area contributed by atoms with Crippen molar-refractivity contribution >= 4 is 0 Å². The van der Waals surface area contributed by atoms with E-state index in [-0.39, 0.29) is 5.41 Å². The molecule has 0 aliphatic carbocycles. The number of para-hydroxylation sites is 1. The molecule has 0 fully saturated rings. The molecule has 2 aromatic rings. The number of hydrogen-bond donors (Lipinski definition) is 1. The molecule has 2 atom stereocenters. The molecule has 0 bridgehead atoms. The molecule has 0 saturated carbocycles. The van der Waals surface area contributed by atoms with Crippen LogP contribution in [0.25, 0.3) is 0 Å². The molecule has 0 aromatic heterocycles. The van der Waals surface area contributed by atoms with Crippen LogP contribution < -0.4 is 14.8 Å². The van der Waals surface area contributed by atoms with Crippen LogP contribution in [0, 0.1) is 18.3 Å². The highest BCUT2D eigenvalue weighted by Gasteiger charge is 2.26. The summed E-state index contributed by atoms with van der Waals surface area (Å²) < 4.78 is 11.2. The monoisotopic (exact) mass is 368 g/mol. The zero-order chi connectivity index (χ0) is 19.7. The lowest BCUT2D eigenvalue weighted by Crippen LogP contribution is -2.25. The Bertz CT molecular complexity index is 679. The average molecular weight is 369 g/mol. The maximum Gasteiger partial charge on any atom is 0.122 e. The van der Waals surface area contributed by atoms with Gasteiger partial charge in [0.05, 0.1) is 7.11 Å². The number of nitrogens with one attached hydrogen (secondary N) is 1. The number of ether oxygens (including phenoxy) is 2. The maximum atomic E-state index is 6.06. The Labute approximate surface area is 165 Å². The second-order valence-corrected chi connectivity index (χ2v) is 7.62. The van der Waals surface area contributed by atoms with Crippen molar-refractivity contribution in [2.24, 2.45) is 11.3 Å². The summed E-state index contributed by atoms with van der Waals surface area (Å²) in [6, 6.07) is 16.5. The first kappa shape index (κ1) is 21.3. The summed E-state index contributed by atoms with van der Waals surface area (Å²) in [5.74, 6) is 2.42. The van der Waals surface area contributed by atoms with Crippen molar-refractivity contribution < 1.29 is 9.47 Å². The van der Waals surface area contributed by atoms with Crippen molar-refractivity contribution in [1.29, 1.82) is 0 Å². The average Bonchev–Trinajstić information content (AvgIpc) is 2.68. The van der Waals surface area contributed by atoms with Gasteiger partial charge in [-0.1, -0.05) is 57.5 Å². The van der Waals surface area contributed by atoms with Crippen LogP contribution >= 0.6 is 0 Å².